The summed E-state index contributed by atoms with van der Waals surface area (Å²) in [5, 5.41) is 10.4. The van der Waals surface area contributed by atoms with Gasteiger partial charge in [0, 0.05) is 42.9 Å². The van der Waals surface area contributed by atoms with Crippen LogP contribution in [0.4, 0.5) is 4.39 Å². The molecule has 0 saturated carbocycles. The van der Waals surface area contributed by atoms with Gasteiger partial charge in [-0.2, -0.15) is 5.10 Å². The number of hydrogen-bond donors (Lipinski definition) is 2. The number of aromatic amines is 1. The number of hydrogen-bond acceptors (Lipinski definition) is 4. The van der Waals surface area contributed by atoms with Gasteiger partial charge in [0.2, 0.25) is 0 Å². The van der Waals surface area contributed by atoms with Gasteiger partial charge in [0.05, 0.1) is 13.2 Å². The zero-order valence-electron chi connectivity index (χ0n) is 13.6. The average Bonchev–Trinajstić information content (AvgIpc) is 3.06. The number of rotatable bonds is 2. The van der Waals surface area contributed by atoms with E-state index >= 15 is 0 Å². The van der Waals surface area contributed by atoms with Crippen molar-refractivity contribution in [2.24, 2.45) is 0 Å². The topological polar surface area (TPSA) is 70.2 Å². The lowest BCUT2D eigenvalue weighted by molar-refractivity contribution is -0.0245. The molecule has 2 aliphatic rings. The van der Waals surface area contributed by atoms with E-state index < -0.39 is 6.10 Å². The van der Waals surface area contributed by atoms with E-state index in [4.69, 9.17) is 4.74 Å². The first kappa shape index (κ1) is 17.8. The van der Waals surface area contributed by atoms with Crippen LogP contribution in [-0.2, 0) is 17.7 Å². The summed E-state index contributed by atoms with van der Waals surface area (Å²) in [4.78, 5) is 14.6. The Hall–Kier alpha value is -1.96. The Morgan fingerprint density at radius 3 is 3.04 bits per heavy atom. The van der Waals surface area contributed by atoms with Gasteiger partial charge < -0.3 is 15.0 Å². The van der Waals surface area contributed by atoms with E-state index in [-0.39, 0.29) is 24.1 Å². The predicted molar refractivity (Wildman–Crippen MR) is 92.2 cm³/mol. The molecule has 2 aliphatic heterocycles. The zero-order chi connectivity index (χ0) is 16.5. The van der Waals surface area contributed by atoms with Crippen LogP contribution in [0.3, 0.4) is 0 Å². The second-order valence-electron chi connectivity index (χ2n) is 6.09. The monoisotopic (exact) mass is 366 g/mol. The zero-order valence-corrected chi connectivity index (χ0v) is 14.4. The molecular weight excluding hydrogens is 347 g/mol. The summed E-state index contributed by atoms with van der Waals surface area (Å²) in [6, 6.07) is 6.54. The van der Waals surface area contributed by atoms with Crippen LogP contribution in [0.5, 0.6) is 0 Å². The van der Waals surface area contributed by atoms with Crippen LogP contribution < -0.4 is 5.32 Å². The van der Waals surface area contributed by atoms with Gasteiger partial charge in [0.25, 0.3) is 5.91 Å². The van der Waals surface area contributed by atoms with Crippen molar-refractivity contribution in [3.05, 3.63) is 52.6 Å². The molecule has 1 atom stereocenters. The van der Waals surface area contributed by atoms with E-state index in [9.17, 15) is 9.18 Å². The highest BCUT2D eigenvalue weighted by Crippen LogP contribution is 2.26. The fraction of sp³-hybridized carbons (Fsp3) is 0.412. The highest BCUT2D eigenvalue weighted by atomic mass is 35.5. The number of H-pyrrole nitrogens is 1. The van der Waals surface area contributed by atoms with E-state index in [0.717, 1.165) is 24.2 Å². The number of ether oxygens (including phenoxy) is 1. The van der Waals surface area contributed by atoms with Crippen molar-refractivity contribution in [3.63, 3.8) is 0 Å². The Morgan fingerprint density at radius 2 is 2.20 bits per heavy atom. The molecule has 0 spiro atoms. The molecule has 2 aromatic rings. The number of nitrogens with one attached hydrogen (secondary N) is 2. The molecule has 6 nitrogen and oxygen atoms in total. The predicted octanol–water partition coefficient (Wildman–Crippen LogP) is 1.83. The van der Waals surface area contributed by atoms with Crippen LogP contribution in [0.25, 0.3) is 0 Å². The molecule has 1 aromatic heterocycles. The highest BCUT2D eigenvalue weighted by molar-refractivity contribution is 5.94. The molecule has 1 amide bonds. The lowest BCUT2D eigenvalue weighted by atomic mass is 10.0. The van der Waals surface area contributed by atoms with Crippen LogP contribution in [-0.4, -0.2) is 47.2 Å². The number of halogens is 2. The maximum atomic E-state index is 14.0. The summed E-state index contributed by atoms with van der Waals surface area (Å²) in [5.74, 6) is -0.431. The van der Waals surface area contributed by atoms with Crippen molar-refractivity contribution in [1.82, 2.24) is 20.4 Å². The van der Waals surface area contributed by atoms with Gasteiger partial charge in [-0.25, -0.2) is 4.39 Å². The van der Waals surface area contributed by atoms with Crippen molar-refractivity contribution >= 4 is 18.3 Å². The Balaban J connectivity index is 0.00000182. The van der Waals surface area contributed by atoms with Crippen LogP contribution >= 0.6 is 12.4 Å². The van der Waals surface area contributed by atoms with Gasteiger partial charge in [-0.05, 0) is 6.07 Å². The maximum Gasteiger partial charge on any atom is 0.274 e. The van der Waals surface area contributed by atoms with Crippen molar-refractivity contribution < 1.29 is 13.9 Å². The highest BCUT2D eigenvalue weighted by Gasteiger charge is 2.31. The van der Waals surface area contributed by atoms with Crippen LogP contribution in [0.2, 0.25) is 0 Å². The molecule has 134 valence electrons. The van der Waals surface area contributed by atoms with E-state index in [0.29, 0.717) is 37.5 Å². The second-order valence-corrected chi connectivity index (χ2v) is 6.09. The van der Waals surface area contributed by atoms with Gasteiger partial charge in [-0.15, -0.1) is 12.4 Å². The number of carbonyl (C=O) groups is 1. The number of amides is 1. The Labute approximate surface area is 151 Å². The molecule has 1 saturated heterocycles. The molecule has 3 heterocycles. The van der Waals surface area contributed by atoms with E-state index in [2.05, 4.69) is 15.5 Å². The maximum absolute atomic E-state index is 14.0. The molecule has 1 unspecified atom stereocenters. The summed E-state index contributed by atoms with van der Waals surface area (Å²) >= 11 is 0. The molecule has 8 heteroatoms. The minimum Gasteiger partial charge on any atom is -0.370 e. The van der Waals surface area contributed by atoms with Crippen molar-refractivity contribution in [3.8, 4) is 0 Å². The summed E-state index contributed by atoms with van der Waals surface area (Å²) in [6.07, 6.45) is 0.396. The lowest BCUT2D eigenvalue weighted by Gasteiger charge is -2.33. The van der Waals surface area contributed by atoms with Crippen molar-refractivity contribution in [1.29, 1.82) is 0 Å². The number of benzene rings is 1. The number of morpholine rings is 1. The van der Waals surface area contributed by atoms with Gasteiger partial charge in [0.1, 0.15) is 11.9 Å². The first-order chi connectivity index (χ1) is 11.7. The fourth-order valence-corrected chi connectivity index (χ4v) is 3.31. The Kier molecular flexibility index (Phi) is 5.36. The van der Waals surface area contributed by atoms with Crippen LogP contribution in [0.15, 0.2) is 24.3 Å². The van der Waals surface area contributed by atoms with Gasteiger partial charge in [0.15, 0.2) is 5.69 Å². The van der Waals surface area contributed by atoms with Gasteiger partial charge in [-0.3, -0.25) is 9.89 Å². The first-order valence-electron chi connectivity index (χ1n) is 8.16. The van der Waals surface area contributed by atoms with Crippen LogP contribution in [0, 0.1) is 5.82 Å². The summed E-state index contributed by atoms with van der Waals surface area (Å²) < 4.78 is 19.7. The number of fused-ring (bicyclic) bond motifs is 1. The molecule has 4 rings (SSSR count). The third kappa shape index (κ3) is 3.40. The summed E-state index contributed by atoms with van der Waals surface area (Å²) in [5.41, 5.74) is 2.92. The Bertz CT molecular complexity index is 767. The molecule has 1 fully saturated rings. The molecule has 2 N–H and O–H groups in total. The normalized spacial score (nSPS) is 19.9. The molecule has 25 heavy (non-hydrogen) atoms. The largest absolute Gasteiger partial charge is 0.370 e. The first-order valence-corrected chi connectivity index (χ1v) is 8.16. The van der Waals surface area contributed by atoms with Crippen LogP contribution in [0.1, 0.15) is 33.4 Å². The molecule has 1 aromatic carbocycles. The molecule has 0 aliphatic carbocycles. The van der Waals surface area contributed by atoms with Gasteiger partial charge in [-0.1, -0.05) is 18.2 Å². The SMILES string of the molecule is Cl.O=C(c1n[nH]c2c1CNCC2)N1CCOC(c2ccccc2F)C1. The molecule has 0 bridgehead atoms. The molecular formula is C17H20ClFN4O2. The second kappa shape index (κ2) is 7.51. The standard InChI is InChI=1S/C17H19FN4O2.ClH/c18-13-4-2-1-3-11(13)15-10-22(7-8-24-15)17(23)16-12-9-19-6-5-14(12)20-21-16;/h1-4,15,19H,5-10H2,(H,20,21);1H. The van der Waals surface area contributed by atoms with E-state index in [1.165, 1.54) is 6.07 Å². The van der Waals surface area contributed by atoms with Crippen molar-refractivity contribution in [2.75, 3.05) is 26.2 Å². The third-order valence-corrected chi connectivity index (χ3v) is 4.61. The summed E-state index contributed by atoms with van der Waals surface area (Å²) in [7, 11) is 0. The third-order valence-electron chi connectivity index (χ3n) is 4.61. The Morgan fingerprint density at radius 1 is 1.36 bits per heavy atom. The van der Waals surface area contributed by atoms with Gasteiger partial charge >= 0.3 is 0 Å². The van der Waals surface area contributed by atoms with Crippen molar-refractivity contribution in [2.45, 2.75) is 19.1 Å². The van der Waals surface area contributed by atoms with E-state index in [1.807, 2.05) is 0 Å². The molecule has 0 radical (unpaired) electrons. The minimum atomic E-state index is -0.447. The minimum absolute atomic E-state index is 0. The number of nitrogens with zero attached hydrogens (tertiary/aromatic N) is 2. The summed E-state index contributed by atoms with van der Waals surface area (Å²) in [6.45, 7) is 2.73. The van der Waals surface area contributed by atoms with E-state index in [1.54, 1.807) is 23.1 Å². The fourth-order valence-electron chi connectivity index (χ4n) is 3.31. The quantitative estimate of drug-likeness (QED) is 0.850. The number of carbonyl (C=O) groups excluding carboxylic acids is 1. The lowest BCUT2D eigenvalue weighted by Crippen LogP contribution is -2.43. The smallest absolute Gasteiger partial charge is 0.274 e. The number of aromatic nitrogens is 2. The average molecular weight is 367 g/mol.